The predicted octanol–water partition coefficient (Wildman–Crippen LogP) is -0.520. The van der Waals surface area contributed by atoms with E-state index >= 15 is 0 Å². The molecule has 1 aliphatic heterocycles. The van der Waals surface area contributed by atoms with Gasteiger partial charge in [0.1, 0.15) is 11.9 Å². The van der Waals surface area contributed by atoms with E-state index in [0.717, 1.165) is 4.90 Å². The Labute approximate surface area is 98.6 Å². The molecule has 2 heterocycles. The van der Waals surface area contributed by atoms with Gasteiger partial charge in [0.15, 0.2) is 0 Å². The van der Waals surface area contributed by atoms with Crippen molar-refractivity contribution in [3.05, 3.63) is 5.69 Å². The molecular weight excluding hydrogens is 222 g/mol. The van der Waals surface area contributed by atoms with Crippen LogP contribution in [0.4, 0.5) is 11.5 Å². The van der Waals surface area contributed by atoms with Crippen molar-refractivity contribution in [1.82, 2.24) is 14.7 Å². The molecule has 0 spiro atoms. The zero-order chi connectivity index (χ0) is 12.7. The fourth-order valence-corrected chi connectivity index (χ4v) is 1.88. The molecule has 1 saturated heterocycles. The number of rotatable bonds is 2. The van der Waals surface area contributed by atoms with Gasteiger partial charge in [0.25, 0.3) is 5.91 Å². The summed E-state index contributed by atoms with van der Waals surface area (Å²) in [5, 5.41) is 7.11. The summed E-state index contributed by atoms with van der Waals surface area (Å²) in [5.41, 5.74) is 7.04. The molecule has 0 saturated carbocycles. The Balaban J connectivity index is 2.22. The number of carbonyl (C=O) groups excluding carboxylic acids is 2. The van der Waals surface area contributed by atoms with E-state index in [1.165, 1.54) is 7.05 Å². The summed E-state index contributed by atoms with van der Waals surface area (Å²) >= 11 is 0. The zero-order valence-corrected chi connectivity index (χ0v) is 10.0. The fraction of sp³-hybridized carbons (Fsp3) is 0.500. The maximum atomic E-state index is 11.7. The number of likely N-dealkylation sites (N-methyl/N-ethyl adjacent to an activating group) is 1. The van der Waals surface area contributed by atoms with Crippen LogP contribution in [0, 0.1) is 6.92 Å². The van der Waals surface area contributed by atoms with Crippen molar-refractivity contribution in [2.75, 3.05) is 18.1 Å². The second kappa shape index (κ2) is 3.76. The molecular formula is C10H15N5O2. The van der Waals surface area contributed by atoms with Crippen molar-refractivity contribution >= 4 is 23.3 Å². The molecule has 1 unspecified atom stereocenters. The topological polar surface area (TPSA) is 93.2 Å². The van der Waals surface area contributed by atoms with Crippen molar-refractivity contribution in [2.45, 2.75) is 19.4 Å². The smallest absolute Gasteiger partial charge is 0.251 e. The Hall–Kier alpha value is -2.05. The lowest BCUT2D eigenvalue weighted by Crippen LogP contribution is -2.32. The zero-order valence-electron chi connectivity index (χ0n) is 10.0. The van der Waals surface area contributed by atoms with Crippen molar-refractivity contribution in [3.8, 4) is 0 Å². The molecule has 1 atom stereocenters. The highest BCUT2D eigenvalue weighted by molar-refractivity contribution is 6.06. The minimum atomic E-state index is -0.551. The van der Waals surface area contributed by atoms with Crippen LogP contribution in [0.25, 0.3) is 0 Å². The highest BCUT2D eigenvalue weighted by atomic mass is 16.2. The highest BCUT2D eigenvalue weighted by Crippen LogP contribution is 2.24. The first-order chi connectivity index (χ1) is 7.91. The maximum absolute atomic E-state index is 11.7. The number of aryl methyl sites for hydroxylation is 2. The van der Waals surface area contributed by atoms with Crippen LogP contribution in [0.1, 0.15) is 12.1 Å². The summed E-state index contributed by atoms with van der Waals surface area (Å²) in [6.07, 6.45) is 0.152. The van der Waals surface area contributed by atoms with Crippen molar-refractivity contribution in [1.29, 1.82) is 0 Å². The van der Waals surface area contributed by atoms with Gasteiger partial charge in [-0.15, -0.1) is 0 Å². The number of likely N-dealkylation sites (tertiary alicyclic amines) is 1. The monoisotopic (exact) mass is 237 g/mol. The Morgan fingerprint density at radius 1 is 1.41 bits per heavy atom. The van der Waals surface area contributed by atoms with E-state index in [1.54, 1.807) is 18.7 Å². The molecule has 1 fully saturated rings. The summed E-state index contributed by atoms with van der Waals surface area (Å²) in [5.74, 6) is 0.141. The van der Waals surface area contributed by atoms with E-state index in [4.69, 9.17) is 5.73 Å². The van der Waals surface area contributed by atoms with Crippen molar-refractivity contribution < 1.29 is 9.59 Å². The number of nitrogens with two attached hydrogens (primary N) is 1. The summed E-state index contributed by atoms with van der Waals surface area (Å²) in [6.45, 7) is 1.79. The van der Waals surface area contributed by atoms with Gasteiger partial charge in [-0.1, -0.05) is 0 Å². The number of hydrogen-bond acceptors (Lipinski definition) is 5. The normalized spacial score (nSPS) is 20.2. The Morgan fingerprint density at radius 3 is 2.47 bits per heavy atom. The quantitative estimate of drug-likeness (QED) is 0.675. The highest BCUT2D eigenvalue weighted by Gasteiger charge is 2.36. The number of amides is 2. The lowest BCUT2D eigenvalue weighted by Gasteiger charge is -2.12. The second-order valence-electron chi connectivity index (χ2n) is 4.16. The summed E-state index contributed by atoms with van der Waals surface area (Å²) < 4.78 is 1.57. The molecule has 1 aromatic rings. The molecule has 0 aromatic carbocycles. The summed E-state index contributed by atoms with van der Waals surface area (Å²) in [4.78, 5) is 24.2. The second-order valence-corrected chi connectivity index (χ2v) is 4.16. The van der Waals surface area contributed by atoms with Gasteiger partial charge in [-0.3, -0.25) is 19.2 Å². The first kappa shape index (κ1) is 11.4. The van der Waals surface area contributed by atoms with Gasteiger partial charge < -0.3 is 11.1 Å². The minimum Gasteiger partial charge on any atom is -0.394 e. The van der Waals surface area contributed by atoms with Crippen LogP contribution in [0.2, 0.25) is 0 Å². The van der Waals surface area contributed by atoms with Crippen LogP contribution in [0.3, 0.4) is 0 Å². The predicted molar refractivity (Wildman–Crippen MR) is 62.2 cm³/mol. The number of hydrogen-bond donors (Lipinski definition) is 2. The van der Waals surface area contributed by atoms with E-state index in [-0.39, 0.29) is 18.2 Å². The van der Waals surface area contributed by atoms with Gasteiger partial charge in [-0.2, -0.15) is 5.10 Å². The molecule has 0 radical (unpaired) electrons. The van der Waals surface area contributed by atoms with Crippen LogP contribution < -0.4 is 11.1 Å². The van der Waals surface area contributed by atoms with E-state index in [2.05, 4.69) is 10.4 Å². The standard InChI is InChI=1S/C10H15N5O2/c1-5-8(11)9(15(3)13-5)12-6-4-7(16)14(2)10(6)17/h6,12H,4,11H2,1-3H3. The minimum absolute atomic E-state index is 0.152. The first-order valence-electron chi connectivity index (χ1n) is 5.27. The third-order valence-corrected chi connectivity index (χ3v) is 2.96. The first-order valence-corrected chi connectivity index (χ1v) is 5.27. The largest absolute Gasteiger partial charge is 0.394 e. The SMILES string of the molecule is Cc1nn(C)c(NC2CC(=O)N(C)C2=O)c1N. The summed E-state index contributed by atoms with van der Waals surface area (Å²) in [6, 6.07) is -0.551. The average molecular weight is 237 g/mol. The van der Waals surface area contributed by atoms with Gasteiger partial charge in [0.2, 0.25) is 5.91 Å². The molecule has 1 aliphatic rings. The van der Waals surface area contributed by atoms with E-state index in [1.807, 2.05) is 0 Å². The molecule has 2 rings (SSSR count). The van der Waals surface area contributed by atoms with Gasteiger partial charge in [-0.25, -0.2) is 0 Å². The van der Waals surface area contributed by atoms with E-state index in [9.17, 15) is 9.59 Å². The molecule has 0 aliphatic carbocycles. The number of nitrogen functional groups attached to an aromatic ring is 1. The molecule has 1 aromatic heterocycles. The number of carbonyl (C=O) groups is 2. The number of imide groups is 1. The lowest BCUT2D eigenvalue weighted by molar-refractivity contribution is -0.136. The average Bonchev–Trinajstić information content (AvgIpc) is 2.65. The molecule has 7 nitrogen and oxygen atoms in total. The lowest BCUT2D eigenvalue weighted by atomic mass is 10.2. The van der Waals surface area contributed by atoms with Crippen molar-refractivity contribution in [2.24, 2.45) is 7.05 Å². The van der Waals surface area contributed by atoms with E-state index < -0.39 is 6.04 Å². The van der Waals surface area contributed by atoms with Gasteiger partial charge in [0, 0.05) is 14.1 Å². The van der Waals surface area contributed by atoms with Crippen LogP contribution in [0.15, 0.2) is 0 Å². The van der Waals surface area contributed by atoms with Gasteiger partial charge >= 0.3 is 0 Å². The number of anilines is 2. The molecule has 7 heteroatoms. The Bertz CT molecular complexity index is 493. The maximum Gasteiger partial charge on any atom is 0.251 e. The van der Waals surface area contributed by atoms with Crippen molar-refractivity contribution in [3.63, 3.8) is 0 Å². The Kier molecular flexibility index (Phi) is 2.53. The number of nitrogens with one attached hydrogen (secondary N) is 1. The number of nitrogens with zero attached hydrogens (tertiary/aromatic N) is 3. The third kappa shape index (κ3) is 1.73. The van der Waals surface area contributed by atoms with Crippen LogP contribution in [-0.4, -0.2) is 39.6 Å². The van der Waals surface area contributed by atoms with Crippen LogP contribution in [-0.2, 0) is 16.6 Å². The fourth-order valence-electron chi connectivity index (χ4n) is 1.88. The van der Waals surface area contributed by atoms with Gasteiger partial charge in [0.05, 0.1) is 17.8 Å². The molecule has 17 heavy (non-hydrogen) atoms. The third-order valence-electron chi connectivity index (χ3n) is 2.96. The summed E-state index contributed by atoms with van der Waals surface area (Å²) in [7, 11) is 3.21. The molecule has 0 bridgehead atoms. The number of aromatic nitrogens is 2. The molecule has 92 valence electrons. The molecule has 3 N–H and O–H groups in total. The van der Waals surface area contributed by atoms with E-state index in [0.29, 0.717) is 17.2 Å². The molecule has 2 amide bonds. The van der Waals surface area contributed by atoms with Gasteiger partial charge in [-0.05, 0) is 6.92 Å². The van der Waals surface area contributed by atoms with Crippen LogP contribution >= 0.6 is 0 Å². The van der Waals surface area contributed by atoms with Crippen LogP contribution in [0.5, 0.6) is 0 Å². The Morgan fingerprint density at radius 2 is 2.06 bits per heavy atom.